The van der Waals surface area contributed by atoms with Crippen LogP contribution >= 0.6 is 11.8 Å². The number of hydrogen-bond donors (Lipinski definition) is 1. The molecular weight excluding hydrogens is 264 g/mol. The highest BCUT2D eigenvalue weighted by Gasteiger charge is 2.25. The Balaban J connectivity index is 2.38. The van der Waals surface area contributed by atoms with Crippen molar-refractivity contribution in [2.45, 2.75) is 18.6 Å². The summed E-state index contributed by atoms with van der Waals surface area (Å²) in [4.78, 5) is 11.3. The second-order valence-electron chi connectivity index (χ2n) is 3.98. The van der Waals surface area contributed by atoms with Crippen LogP contribution < -0.4 is 14.9 Å². The lowest BCUT2D eigenvalue weighted by Crippen LogP contribution is -2.31. The molecule has 1 aliphatic heterocycles. The minimum Gasteiger partial charge on any atom is -0.493 e. The Hall–Kier alpha value is -1.69. The van der Waals surface area contributed by atoms with Crippen molar-refractivity contribution in [1.29, 1.82) is 0 Å². The van der Waals surface area contributed by atoms with E-state index < -0.39 is 0 Å². The molecule has 0 spiro atoms. The summed E-state index contributed by atoms with van der Waals surface area (Å²) in [5.41, 5.74) is 4.28. The Morgan fingerprint density at radius 1 is 1.32 bits per heavy atom. The van der Waals surface area contributed by atoms with Crippen molar-refractivity contribution in [2.75, 3.05) is 14.2 Å². The topological polar surface area (TPSA) is 59.9 Å². The predicted octanol–water partition coefficient (Wildman–Crippen LogP) is 2.64. The number of methoxy groups -OCH3 is 2. The van der Waals surface area contributed by atoms with E-state index in [0.717, 1.165) is 17.7 Å². The molecule has 0 bridgehead atoms. The van der Waals surface area contributed by atoms with Crippen LogP contribution in [0.25, 0.3) is 0 Å². The number of nitrogens with zero attached hydrogens (tertiary/aromatic N) is 1. The van der Waals surface area contributed by atoms with Gasteiger partial charge in [0.1, 0.15) is 0 Å². The number of rotatable bonds is 4. The first-order valence-corrected chi connectivity index (χ1v) is 6.84. The number of nitrogens with one attached hydrogen (secondary N) is 1. The summed E-state index contributed by atoms with van der Waals surface area (Å²) in [7, 11) is 3.19. The number of hydrogen-bond acceptors (Lipinski definition) is 5. The molecule has 0 saturated carbocycles. The van der Waals surface area contributed by atoms with E-state index in [-0.39, 0.29) is 10.5 Å². The summed E-state index contributed by atoms with van der Waals surface area (Å²) in [5, 5.41) is 4.11. The fourth-order valence-electron chi connectivity index (χ4n) is 1.91. The molecule has 6 heteroatoms. The van der Waals surface area contributed by atoms with E-state index in [1.54, 1.807) is 14.2 Å². The van der Waals surface area contributed by atoms with Gasteiger partial charge in [0.15, 0.2) is 11.5 Å². The van der Waals surface area contributed by atoms with Gasteiger partial charge in [-0.1, -0.05) is 18.7 Å². The highest BCUT2D eigenvalue weighted by Crippen LogP contribution is 2.31. The monoisotopic (exact) mass is 280 g/mol. The van der Waals surface area contributed by atoms with E-state index in [0.29, 0.717) is 11.5 Å². The average Bonchev–Trinajstić information content (AvgIpc) is 2.46. The first-order chi connectivity index (χ1) is 9.19. The highest BCUT2D eigenvalue weighted by atomic mass is 32.2. The summed E-state index contributed by atoms with van der Waals surface area (Å²) >= 11 is 1.26. The van der Waals surface area contributed by atoms with Crippen molar-refractivity contribution < 1.29 is 14.3 Å². The predicted molar refractivity (Wildman–Crippen MR) is 76.3 cm³/mol. The van der Waals surface area contributed by atoms with Gasteiger partial charge in [-0.2, -0.15) is 5.10 Å². The van der Waals surface area contributed by atoms with E-state index in [2.05, 4.69) is 10.5 Å². The molecule has 19 heavy (non-hydrogen) atoms. The molecule has 1 amide bonds. The zero-order chi connectivity index (χ0) is 13.8. The van der Waals surface area contributed by atoms with Gasteiger partial charge in [-0.25, -0.2) is 5.43 Å². The summed E-state index contributed by atoms with van der Waals surface area (Å²) in [6, 6.07) is 5.63. The number of thioether (sulfide) groups is 1. The molecular formula is C13H16N2O3S. The van der Waals surface area contributed by atoms with Crippen LogP contribution in [0.5, 0.6) is 11.5 Å². The maximum absolute atomic E-state index is 11.3. The molecule has 0 radical (unpaired) electrons. The lowest BCUT2D eigenvalue weighted by molar-refractivity contribution is 0.260. The van der Waals surface area contributed by atoms with Crippen LogP contribution in [0.15, 0.2) is 23.3 Å². The number of ether oxygens (including phenoxy) is 2. The second-order valence-corrected chi connectivity index (χ2v) is 5.16. The zero-order valence-corrected chi connectivity index (χ0v) is 11.9. The first-order valence-electron chi connectivity index (χ1n) is 5.96. The van der Waals surface area contributed by atoms with Crippen LogP contribution in [0.4, 0.5) is 4.79 Å². The van der Waals surface area contributed by atoms with Crippen LogP contribution in [-0.4, -0.2) is 30.4 Å². The van der Waals surface area contributed by atoms with Gasteiger partial charge in [-0.05, 0) is 24.6 Å². The molecule has 1 atom stereocenters. The third kappa shape index (κ3) is 2.84. The van der Waals surface area contributed by atoms with E-state index in [4.69, 9.17) is 9.47 Å². The molecule has 1 aromatic carbocycles. The maximum atomic E-state index is 11.3. The third-order valence-corrected chi connectivity index (χ3v) is 4.02. The molecule has 5 nitrogen and oxygen atoms in total. The van der Waals surface area contributed by atoms with Crippen molar-refractivity contribution >= 4 is 22.7 Å². The lowest BCUT2D eigenvalue weighted by Gasteiger charge is -2.21. The van der Waals surface area contributed by atoms with Crippen molar-refractivity contribution in [3.05, 3.63) is 23.8 Å². The molecule has 2 rings (SSSR count). The lowest BCUT2D eigenvalue weighted by atomic mass is 10.0. The van der Waals surface area contributed by atoms with E-state index in [9.17, 15) is 4.79 Å². The van der Waals surface area contributed by atoms with Gasteiger partial charge in [-0.3, -0.25) is 4.79 Å². The van der Waals surface area contributed by atoms with Crippen molar-refractivity contribution in [3.8, 4) is 11.5 Å². The van der Waals surface area contributed by atoms with Crippen LogP contribution in [0.2, 0.25) is 0 Å². The van der Waals surface area contributed by atoms with Crippen LogP contribution in [0.1, 0.15) is 18.9 Å². The highest BCUT2D eigenvalue weighted by molar-refractivity contribution is 8.14. The molecule has 1 heterocycles. The summed E-state index contributed by atoms with van der Waals surface area (Å²) in [5.74, 6) is 1.33. The summed E-state index contributed by atoms with van der Waals surface area (Å²) < 4.78 is 10.5. The Morgan fingerprint density at radius 3 is 2.68 bits per heavy atom. The van der Waals surface area contributed by atoms with Crippen LogP contribution in [0, 0.1) is 0 Å². The van der Waals surface area contributed by atoms with Crippen LogP contribution in [0.3, 0.4) is 0 Å². The third-order valence-electron chi connectivity index (χ3n) is 2.87. The Kier molecular flexibility index (Phi) is 4.31. The molecule has 0 fully saturated rings. The summed E-state index contributed by atoms with van der Waals surface area (Å²) in [6.07, 6.45) is 0.839. The van der Waals surface area contributed by atoms with Crippen molar-refractivity contribution in [1.82, 2.24) is 5.43 Å². The minimum atomic E-state index is -0.115. The number of hydrazone groups is 1. The average molecular weight is 280 g/mol. The molecule has 0 aliphatic carbocycles. The van der Waals surface area contributed by atoms with Crippen molar-refractivity contribution in [3.63, 3.8) is 0 Å². The van der Waals surface area contributed by atoms with Gasteiger partial charge in [0.2, 0.25) is 0 Å². The quantitative estimate of drug-likeness (QED) is 0.921. The molecule has 1 aliphatic rings. The molecule has 1 aromatic rings. The van der Waals surface area contributed by atoms with E-state index >= 15 is 0 Å². The van der Waals surface area contributed by atoms with Gasteiger partial charge in [0, 0.05) is 5.56 Å². The van der Waals surface area contributed by atoms with E-state index in [1.165, 1.54) is 11.8 Å². The number of benzene rings is 1. The fourth-order valence-corrected chi connectivity index (χ4v) is 2.74. The molecule has 0 saturated heterocycles. The van der Waals surface area contributed by atoms with Gasteiger partial charge in [0.05, 0.1) is 25.2 Å². The smallest absolute Gasteiger partial charge is 0.299 e. The zero-order valence-electron chi connectivity index (χ0n) is 11.1. The van der Waals surface area contributed by atoms with Crippen LogP contribution in [-0.2, 0) is 0 Å². The van der Waals surface area contributed by atoms with Gasteiger partial charge in [0.25, 0.3) is 5.24 Å². The molecule has 102 valence electrons. The van der Waals surface area contributed by atoms with Gasteiger partial charge in [-0.15, -0.1) is 0 Å². The number of carbonyl (C=O) groups excluding carboxylic acids is 1. The largest absolute Gasteiger partial charge is 0.493 e. The molecule has 0 unspecified atom stereocenters. The normalized spacial score (nSPS) is 18.6. The Morgan fingerprint density at radius 2 is 2.05 bits per heavy atom. The van der Waals surface area contributed by atoms with Gasteiger partial charge >= 0.3 is 0 Å². The van der Waals surface area contributed by atoms with E-state index in [1.807, 2.05) is 25.1 Å². The number of carbonyl (C=O) groups is 1. The van der Waals surface area contributed by atoms with Crippen molar-refractivity contribution in [2.24, 2.45) is 5.10 Å². The minimum absolute atomic E-state index is 0.0619. The Bertz CT molecular complexity index is 517. The summed E-state index contributed by atoms with van der Waals surface area (Å²) in [6.45, 7) is 2.03. The number of amides is 1. The Labute approximate surface area is 116 Å². The fraction of sp³-hybridized carbons (Fsp3) is 0.385. The second kappa shape index (κ2) is 5.97. The molecule has 1 N–H and O–H groups in total. The SMILES string of the molecule is CC[C@@H]1SC(=O)NN=C1c1ccc(OC)c(OC)c1. The molecule has 0 aromatic heterocycles. The maximum Gasteiger partial charge on any atom is 0.299 e. The standard InChI is InChI=1S/C13H16N2O3S/c1-4-11-12(14-15-13(16)19-11)8-5-6-9(17-2)10(7-8)18-3/h5-7,11H,4H2,1-3H3,(H,15,16)/t11-/m0/s1. The van der Waals surface area contributed by atoms with Gasteiger partial charge < -0.3 is 9.47 Å². The first kappa shape index (κ1) is 13.7.